The maximum Gasteiger partial charge on any atom is 0.339 e. The molecular weight excluding hydrogens is 268 g/mol. The largest absolute Gasteiger partial charge is 0.447 e. The summed E-state index contributed by atoms with van der Waals surface area (Å²) in [5, 5.41) is 8.78. The Labute approximate surface area is 115 Å². The van der Waals surface area contributed by atoms with Crippen LogP contribution in [0, 0.1) is 11.3 Å². The van der Waals surface area contributed by atoms with Crippen molar-refractivity contribution in [2.75, 3.05) is 18.1 Å². The highest BCUT2D eigenvalue weighted by Gasteiger charge is 2.24. The van der Waals surface area contributed by atoms with E-state index in [1.165, 1.54) is 12.1 Å². The van der Waals surface area contributed by atoms with Crippen molar-refractivity contribution in [2.45, 2.75) is 12.8 Å². The third kappa shape index (κ3) is 2.85. The van der Waals surface area contributed by atoms with Crippen LogP contribution >= 0.6 is 11.6 Å². The van der Waals surface area contributed by atoms with Gasteiger partial charge in [0.1, 0.15) is 6.07 Å². The van der Waals surface area contributed by atoms with Crippen LogP contribution in [-0.4, -0.2) is 25.0 Å². The lowest BCUT2D eigenvalue weighted by Gasteiger charge is -2.17. The minimum Gasteiger partial charge on any atom is -0.447 e. The second-order valence-corrected chi connectivity index (χ2v) is 4.46. The first-order valence-corrected chi connectivity index (χ1v) is 6.15. The number of nitriles is 1. The summed E-state index contributed by atoms with van der Waals surface area (Å²) in [6, 6.07) is 6.30. The van der Waals surface area contributed by atoms with Gasteiger partial charge in [-0.3, -0.25) is 4.79 Å². The number of rotatable bonds is 3. The van der Waals surface area contributed by atoms with Gasteiger partial charge in [0.15, 0.2) is 6.61 Å². The first-order valence-electron chi connectivity index (χ1n) is 5.77. The zero-order valence-corrected chi connectivity index (χ0v) is 10.8. The molecule has 0 aliphatic carbocycles. The number of hydrogen-bond donors (Lipinski definition) is 0. The van der Waals surface area contributed by atoms with E-state index in [2.05, 4.69) is 0 Å². The number of esters is 1. The van der Waals surface area contributed by atoms with Gasteiger partial charge in [-0.15, -0.1) is 0 Å². The highest BCUT2D eigenvalue weighted by atomic mass is 35.5. The van der Waals surface area contributed by atoms with E-state index < -0.39 is 5.97 Å². The van der Waals surface area contributed by atoms with Crippen LogP contribution in [0.25, 0.3) is 0 Å². The molecule has 1 aromatic rings. The van der Waals surface area contributed by atoms with Crippen LogP contribution < -0.4 is 4.90 Å². The van der Waals surface area contributed by atoms with Gasteiger partial charge in [-0.2, -0.15) is 5.26 Å². The monoisotopic (exact) mass is 278 g/mol. The molecule has 0 unspecified atom stereocenters. The molecule has 0 aromatic heterocycles. The number of amides is 1. The maximum absolute atomic E-state index is 11.7. The fourth-order valence-electron chi connectivity index (χ4n) is 1.93. The Bertz CT molecular complexity index is 565. The Morgan fingerprint density at radius 2 is 2.32 bits per heavy atom. The number of ether oxygens (including phenoxy) is 1. The summed E-state index contributed by atoms with van der Waals surface area (Å²) in [5.41, 5.74) is 0.782. The van der Waals surface area contributed by atoms with Crippen LogP contribution in [0.4, 0.5) is 5.69 Å². The molecule has 1 saturated heterocycles. The van der Waals surface area contributed by atoms with Gasteiger partial charge in [-0.25, -0.2) is 4.79 Å². The van der Waals surface area contributed by atoms with Crippen molar-refractivity contribution in [1.82, 2.24) is 0 Å². The van der Waals surface area contributed by atoms with E-state index in [0.717, 1.165) is 6.42 Å². The molecule has 1 aliphatic rings. The molecule has 1 heterocycles. The van der Waals surface area contributed by atoms with Gasteiger partial charge in [0.05, 0.1) is 16.3 Å². The molecular formula is C13H11ClN2O3. The first-order chi connectivity index (χ1) is 9.13. The second-order valence-electron chi connectivity index (χ2n) is 4.05. The predicted molar refractivity (Wildman–Crippen MR) is 68.9 cm³/mol. The molecule has 5 nitrogen and oxygen atoms in total. The highest BCUT2D eigenvalue weighted by Crippen LogP contribution is 2.30. The molecule has 1 fully saturated rings. The van der Waals surface area contributed by atoms with E-state index in [1.807, 2.05) is 0 Å². The second kappa shape index (κ2) is 5.72. The summed E-state index contributed by atoms with van der Waals surface area (Å²) in [7, 11) is 0. The van der Waals surface area contributed by atoms with Crippen LogP contribution in [-0.2, 0) is 9.53 Å². The Hall–Kier alpha value is -2.06. The Morgan fingerprint density at radius 1 is 1.53 bits per heavy atom. The molecule has 0 radical (unpaired) electrons. The molecule has 6 heteroatoms. The van der Waals surface area contributed by atoms with E-state index >= 15 is 0 Å². The minimum absolute atomic E-state index is 0.00978. The normalized spacial score (nSPS) is 14.3. The highest BCUT2D eigenvalue weighted by molar-refractivity contribution is 6.34. The van der Waals surface area contributed by atoms with Crippen LogP contribution in [0.15, 0.2) is 18.2 Å². The number of carbonyl (C=O) groups is 2. The minimum atomic E-state index is -0.605. The Morgan fingerprint density at radius 3 is 2.95 bits per heavy atom. The van der Waals surface area contributed by atoms with Crippen LogP contribution in [0.3, 0.4) is 0 Å². The quantitative estimate of drug-likeness (QED) is 0.794. The van der Waals surface area contributed by atoms with E-state index in [-0.39, 0.29) is 18.1 Å². The van der Waals surface area contributed by atoms with Gasteiger partial charge in [-0.05, 0) is 24.6 Å². The zero-order chi connectivity index (χ0) is 13.8. The average Bonchev–Trinajstić information content (AvgIpc) is 2.82. The fraction of sp³-hybridized carbons (Fsp3) is 0.308. The van der Waals surface area contributed by atoms with Crippen molar-refractivity contribution < 1.29 is 14.3 Å². The molecule has 19 heavy (non-hydrogen) atoms. The molecule has 1 aromatic carbocycles. The lowest BCUT2D eigenvalue weighted by molar-refractivity contribution is -0.117. The van der Waals surface area contributed by atoms with Crippen molar-refractivity contribution >= 4 is 29.2 Å². The summed E-state index contributed by atoms with van der Waals surface area (Å²) in [6.45, 7) is 0.286. The van der Waals surface area contributed by atoms with Crippen LogP contribution in [0.5, 0.6) is 0 Å². The molecule has 0 saturated carbocycles. The standard InChI is InChI=1S/C13H11ClN2O3/c14-10-4-3-9(13(18)19-7-5-15)8-11(10)16-6-1-2-12(16)17/h3-4,8H,1-2,6-7H2. The maximum atomic E-state index is 11.7. The smallest absolute Gasteiger partial charge is 0.339 e. The van der Waals surface area contributed by atoms with Gasteiger partial charge >= 0.3 is 5.97 Å². The summed E-state index contributed by atoms with van der Waals surface area (Å²) in [5.74, 6) is -0.615. The van der Waals surface area contributed by atoms with E-state index in [4.69, 9.17) is 21.6 Å². The summed E-state index contributed by atoms with van der Waals surface area (Å²) >= 11 is 6.05. The van der Waals surface area contributed by atoms with Gasteiger partial charge in [-0.1, -0.05) is 11.6 Å². The number of halogens is 1. The van der Waals surface area contributed by atoms with Crippen molar-refractivity contribution in [1.29, 1.82) is 5.26 Å². The average molecular weight is 279 g/mol. The summed E-state index contributed by atoms with van der Waals surface area (Å²) < 4.78 is 4.72. The molecule has 0 atom stereocenters. The van der Waals surface area contributed by atoms with Gasteiger partial charge in [0, 0.05) is 13.0 Å². The topological polar surface area (TPSA) is 70.4 Å². The van der Waals surface area contributed by atoms with Gasteiger partial charge < -0.3 is 9.64 Å². The molecule has 1 aliphatic heterocycles. The van der Waals surface area contributed by atoms with Gasteiger partial charge in [0.2, 0.25) is 5.91 Å². The van der Waals surface area contributed by atoms with Crippen molar-refractivity contribution in [3.8, 4) is 6.07 Å². The van der Waals surface area contributed by atoms with Crippen LogP contribution in [0.2, 0.25) is 5.02 Å². The van der Waals surface area contributed by atoms with Gasteiger partial charge in [0.25, 0.3) is 0 Å². The van der Waals surface area contributed by atoms with Crippen LogP contribution in [0.1, 0.15) is 23.2 Å². The Balaban J connectivity index is 2.27. The van der Waals surface area contributed by atoms with Crippen molar-refractivity contribution in [3.63, 3.8) is 0 Å². The molecule has 98 valence electrons. The van der Waals surface area contributed by atoms with E-state index in [9.17, 15) is 9.59 Å². The number of anilines is 1. The lowest BCUT2D eigenvalue weighted by atomic mass is 10.2. The molecule has 0 N–H and O–H groups in total. The van der Waals surface area contributed by atoms with E-state index in [1.54, 1.807) is 17.0 Å². The van der Waals surface area contributed by atoms with Crippen molar-refractivity contribution in [3.05, 3.63) is 28.8 Å². The lowest BCUT2D eigenvalue weighted by Crippen LogP contribution is -2.24. The number of hydrogen-bond acceptors (Lipinski definition) is 4. The molecule has 0 bridgehead atoms. The zero-order valence-electron chi connectivity index (χ0n) is 10.1. The molecule has 2 rings (SSSR count). The third-order valence-electron chi connectivity index (χ3n) is 2.81. The molecule has 1 amide bonds. The summed E-state index contributed by atoms with van der Waals surface area (Å²) in [4.78, 5) is 24.9. The fourth-order valence-corrected chi connectivity index (χ4v) is 2.15. The SMILES string of the molecule is N#CCOC(=O)c1ccc(Cl)c(N2CCCC2=O)c1. The first kappa shape index (κ1) is 13.4. The predicted octanol–water partition coefficient (Wildman–Crippen LogP) is 2.15. The number of nitrogens with zero attached hydrogens (tertiary/aromatic N) is 2. The molecule has 0 spiro atoms. The summed E-state index contributed by atoms with van der Waals surface area (Å²) in [6.07, 6.45) is 1.26. The Kier molecular flexibility index (Phi) is 4.03. The third-order valence-corrected chi connectivity index (χ3v) is 3.13. The van der Waals surface area contributed by atoms with E-state index in [0.29, 0.717) is 23.7 Å². The number of benzene rings is 1. The number of carbonyl (C=O) groups excluding carboxylic acids is 2. The van der Waals surface area contributed by atoms with Crippen molar-refractivity contribution in [2.24, 2.45) is 0 Å².